The Bertz CT molecular complexity index is 766. The second-order valence-corrected chi connectivity index (χ2v) is 6.73. The van der Waals surface area contributed by atoms with Gasteiger partial charge in [0.15, 0.2) is 5.96 Å². The van der Waals surface area contributed by atoms with Gasteiger partial charge in [0.25, 0.3) is 0 Å². The summed E-state index contributed by atoms with van der Waals surface area (Å²) in [6, 6.07) is 16.8. The third kappa shape index (κ3) is 7.29. The molecular formula is C23H32ClN3O3. The van der Waals surface area contributed by atoms with Crippen LogP contribution in [0.5, 0.6) is 0 Å². The van der Waals surface area contributed by atoms with Crippen molar-refractivity contribution in [3.8, 4) is 0 Å². The Morgan fingerprint density at radius 1 is 0.933 bits per heavy atom. The summed E-state index contributed by atoms with van der Waals surface area (Å²) < 4.78 is 17.0. The molecule has 0 aromatic heterocycles. The highest BCUT2D eigenvalue weighted by Gasteiger charge is 2.15. The largest absolute Gasteiger partial charge is 0.379 e. The molecule has 0 radical (unpaired) electrons. The Morgan fingerprint density at radius 2 is 1.60 bits per heavy atom. The van der Waals surface area contributed by atoms with Crippen molar-refractivity contribution in [3.05, 3.63) is 65.2 Å². The van der Waals surface area contributed by atoms with E-state index in [1.807, 2.05) is 13.8 Å². The fourth-order valence-corrected chi connectivity index (χ4v) is 3.15. The summed E-state index contributed by atoms with van der Waals surface area (Å²) >= 11 is 0. The van der Waals surface area contributed by atoms with E-state index in [9.17, 15) is 0 Å². The molecule has 1 unspecified atom stereocenters. The second-order valence-electron chi connectivity index (χ2n) is 6.73. The first-order valence-electron chi connectivity index (χ1n) is 10.3. The molecule has 1 heterocycles. The molecule has 164 valence electrons. The summed E-state index contributed by atoms with van der Waals surface area (Å²) in [6.07, 6.45) is -0.0936. The summed E-state index contributed by atoms with van der Waals surface area (Å²) in [5.41, 5.74) is 4.41. The Kier molecular flexibility index (Phi) is 10.7. The van der Waals surface area contributed by atoms with E-state index in [0.717, 1.165) is 48.0 Å². The lowest BCUT2D eigenvalue weighted by Crippen LogP contribution is -2.26. The molecule has 0 amide bonds. The van der Waals surface area contributed by atoms with Crippen molar-refractivity contribution >= 4 is 24.1 Å². The van der Waals surface area contributed by atoms with E-state index < -0.39 is 0 Å². The van der Waals surface area contributed by atoms with Crippen LogP contribution in [0.4, 0.5) is 5.69 Å². The van der Waals surface area contributed by atoms with Gasteiger partial charge < -0.3 is 24.8 Å². The maximum atomic E-state index is 6.05. The van der Waals surface area contributed by atoms with Crippen LogP contribution in [0.3, 0.4) is 0 Å². The number of ether oxygens (including phenoxy) is 3. The monoisotopic (exact) mass is 433 g/mol. The highest BCUT2D eigenvalue weighted by atomic mass is 35.5. The molecule has 1 atom stereocenters. The van der Waals surface area contributed by atoms with Gasteiger partial charge in [-0.3, -0.25) is 4.99 Å². The maximum Gasteiger partial charge on any atom is 0.195 e. The fourth-order valence-electron chi connectivity index (χ4n) is 3.15. The zero-order valence-corrected chi connectivity index (χ0v) is 18.5. The van der Waals surface area contributed by atoms with Crippen molar-refractivity contribution in [1.29, 1.82) is 0 Å². The summed E-state index contributed by atoms with van der Waals surface area (Å²) in [7, 11) is 0. The number of nitrogens with zero attached hydrogens (tertiary/aromatic N) is 1. The number of benzene rings is 2. The van der Waals surface area contributed by atoms with Crippen LogP contribution in [0.1, 0.15) is 36.6 Å². The molecule has 1 aliphatic rings. The molecule has 30 heavy (non-hydrogen) atoms. The van der Waals surface area contributed by atoms with Gasteiger partial charge in [-0.1, -0.05) is 36.4 Å². The van der Waals surface area contributed by atoms with Crippen molar-refractivity contribution < 1.29 is 14.2 Å². The topological polar surface area (TPSA) is 64.1 Å². The summed E-state index contributed by atoms with van der Waals surface area (Å²) in [4.78, 5) is 4.36. The van der Waals surface area contributed by atoms with Gasteiger partial charge >= 0.3 is 0 Å². The molecule has 0 saturated carbocycles. The van der Waals surface area contributed by atoms with Crippen LogP contribution in [0.15, 0.2) is 53.5 Å². The fraction of sp³-hybridized carbons (Fsp3) is 0.435. The standard InChI is InChI=1S/C23H31N3O3.ClH/c1-3-27-15-16-28-17-18-5-7-19(8-6-18)22(29-4-2)20-9-11-21(12-10-20)26-23-24-13-14-25-23;/h5-12,22H,3-4,13-17H2,1-2H3,(H2,24,25,26);1H. The van der Waals surface area contributed by atoms with E-state index in [4.69, 9.17) is 14.2 Å². The van der Waals surface area contributed by atoms with E-state index in [2.05, 4.69) is 64.2 Å². The molecule has 0 fully saturated rings. The molecule has 0 spiro atoms. The van der Waals surface area contributed by atoms with Gasteiger partial charge in [-0.25, -0.2) is 0 Å². The number of aliphatic imine (C=N–C) groups is 1. The molecule has 2 aromatic carbocycles. The lowest BCUT2D eigenvalue weighted by atomic mass is 10.00. The molecule has 7 heteroatoms. The van der Waals surface area contributed by atoms with Gasteiger partial charge in [0.05, 0.1) is 26.4 Å². The van der Waals surface area contributed by atoms with Gasteiger partial charge in [0, 0.05) is 25.4 Å². The lowest BCUT2D eigenvalue weighted by Gasteiger charge is -2.19. The number of anilines is 1. The molecule has 1 aliphatic heterocycles. The minimum absolute atomic E-state index is 0. The molecular weight excluding hydrogens is 402 g/mol. The van der Waals surface area contributed by atoms with Crippen LogP contribution in [0.25, 0.3) is 0 Å². The van der Waals surface area contributed by atoms with Crippen LogP contribution in [-0.2, 0) is 20.8 Å². The summed E-state index contributed by atoms with van der Waals surface area (Å²) in [5, 5.41) is 6.51. The number of halogens is 1. The molecule has 3 rings (SSSR count). The highest BCUT2D eigenvalue weighted by Crippen LogP contribution is 2.27. The van der Waals surface area contributed by atoms with E-state index in [1.54, 1.807) is 0 Å². The van der Waals surface area contributed by atoms with Gasteiger partial charge in [-0.2, -0.15) is 0 Å². The first kappa shape index (κ1) is 24.2. The Labute approximate surface area is 185 Å². The minimum Gasteiger partial charge on any atom is -0.379 e. The minimum atomic E-state index is -0.0936. The molecule has 6 nitrogen and oxygen atoms in total. The molecule has 0 bridgehead atoms. The zero-order valence-electron chi connectivity index (χ0n) is 17.7. The Balaban J connectivity index is 0.00000320. The first-order valence-corrected chi connectivity index (χ1v) is 10.3. The van der Waals surface area contributed by atoms with Crippen molar-refractivity contribution in [2.45, 2.75) is 26.6 Å². The average molecular weight is 434 g/mol. The SMILES string of the molecule is CCOCCOCc1ccc(C(OCC)c2ccc(NC3=NCCN3)cc2)cc1.Cl. The second kappa shape index (κ2) is 13.2. The lowest BCUT2D eigenvalue weighted by molar-refractivity contribution is 0.0452. The van der Waals surface area contributed by atoms with Crippen LogP contribution in [-0.4, -0.2) is 45.5 Å². The summed E-state index contributed by atoms with van der Waals surface area (Å²) in [5.74, 6) is 0.832. The molecule has 0 saturated heterocycles. The number of rotatable bonds is 11. The van der Waals surface area contributed by atoms with Crippen molar-refractivity contribution in [1.82, 2.24) is 5.32 Å². The highest BCUT2D eigenvalue weighted by molar-refractivity contribution is 5.94. The average Bonchev–Trinajstić information content (AvgIpc) is 3.26. The first-order chi connectivity index (χ1) is 14.3. The predicted molar refractivity (Wildman–Crippen MR) is 124 cm³/mol. The Hall–Kier alpha value is -2.12. The molecule has 2 N–H and O–H groups in total. The van der Waals surface area contributed by atoms with E-state index >= 15 is 0 Å². The zero-order chi connectivity index (χ0) is 20.3. The van der Waals surface area contributed by atoms with Crippen LogP contribution in [0, 0.1) is 0 Å². The van der Waals surface area contributed by atoms with Gasteiger partial charge in [0.1, 0.15) is 6.10 Å². The quantitative estimate of drug-likeness (QED) is 0.521. The summed E-state index contributed by atoms with van der Waals surface area (Å²) in [6.45, 7) is 8.92. The van der Waals surface area contributed by atoms with Gasteiger partial charge in [-0.15, -0.1) is 12.4 Å². The number of guanidine groups is 1. The van der Waals surface area contributed by atoms with E-state index in [0.29, 0.717) is 26.4 Å². The van der Waals surface area contributed by atoms with Crippen molar-refractivity contribution in [2.75, 3.05) is 44.8 Å². The molecule has 2 aromatic rings. The number of nitrogens with one attached hydrogen (secondary N) is 2. The predicted octanol–water partition coefficient (Wildman–Crippen LogP) is 4.16. The van der Waals surface area contributed by atoms with E-state index in [-0.39, 0.29) is 18.5 Å². The van der Waals surface area contributed by atoms with Crippen molar-refractivity contribution in [2.24, 2.45) is 4.99 Å². The van der Waals surface area contributed by atoms with Crippen LogP contribution in [0.2, 0.25) is 0 Å². The van der Waals surface area contributed by atoms with Gasteiger partial charge in [0.2, 0.25) is 0 Å². The smallest absolute Gasteiger partial charge is 0.195 e. The molecule has 0 aliphatic carbocycles. The van der Waals surface area contributed by atoms with E-state index in [1.165, 1.54) is 0 Å². The van der Waals surface area contributed by atoms with Crippen LogP contribution >= 0.6 is 12.4 Å². The van der Waals surface area contributed by atoms with Crippen molar-refractivity contribution in [3.63, 3.8) is 0 Å². The number of hydrogen-bond donors (Lipinski definition) is 2. The third-order valence-electron chi connectivity index (χ3n) is 4.61. The third-order valence-corrected chi connectivity index (χ3v) is 4.61. The van der Waals surface area contributed by atoms with Crippen LogP contribution < -0.4 is 10.6 Å². The Morgan fingerprint density at radius 3 is 2.20 bits per heavy atom. The maximum absolute atomic E-state index is 6.05. The van der Waals surface area contributed by atoms with Gasteiger partial charge in [-0.05, 0) is 42.7 Å². The normalized spacial score (nSPS) is 13.9. The number of hydrogen-bond acceptors (Lipinski definition) is 6.